The quantitative estimate of drug-likeness (QED) is 0.208. The van der Waals surface area contributed by atoms with Gasteiger partial charge < -0.3 is 29.3 Å². The highest BCUT2D eigenvalue weighted by Gasteiger charge is 2.06. The maximum absolute atomic E-state index is 11.6. The second kappa shape index (κ2) is 15.3. The van der Waals surface area contributed by atoms with Crippen molar-refractivity contribution < 1.29 is 28.3 Å². The third-order valence-electron chi connectivity index (χ3n) is 3.02. The van der Waals surface area contributed by atoms with E-state index in [2.05, 4.69) is 31.8 Å². The number of rotatable bonds is 17. The molecule has 0 unspecified atom stereocenters. The molecular weight excluding hydrogens is 314 g/mol. The van der Waals surface area contributed by atoms with Crippen molar-refractivity contribution in [1.29, 1.82) is 0 Å². The second-order valence-corrected chi connectivity index (χ2v) is 6.38. The van der Waals surface area contributed by atoms with Crippen LogP contribution in [0.3, 0.4) is 0 Å². The average molecular weight is 348 g/mol. The van der Waals surface area contributed by atoms with Gasteiger partial charge in [-0.15, -0.1) is 0 Å². The van der Waals surface area contributed by atoms with E-state index >= 15 is 0 Å². The van der Waals surface area contributed by atoms with Crippen LogP contribution in [-0.2, 0) is 23.8 Å². The van der Waals surface area contributed by atoms with Crippen LogP contribution in [0, 0.1) is 0 Å². The number of hydrogen-bond donors (Lipinski definition) is 2. The minimum atomic E-state index is 0.0228. The molecular formula is C16H34N3O5+. The fourth-order valence-electron chi connectivity index (χ4n) is 1.77. The fourth-order valence-corrected chi connectivity index (χ4v) is 1.77. The van der Waals surface area contributed by atoms with Crippen LogP contribution in [0.4, 0.5) is 0 Å². The lowest BCUT2D eigenvalue weighted by Crippen LogP contribution is -2.37. The predicted octanol–water partition coefficient (Wildman–Crippen LogP) is -0.615. The zero-order chi connectivity index (χ0) is 18.1. The second-order valence-electron chi connectivity index (χ2n) is 6.38. The lowest BCUT2D eigenvalue weighted by Gasteiger charge is -2.23. The highest BCUT2D eigenvalue weighted by Crippen LogP contribution is 1.92. The van der Waals surface area contributed by atoms with E-state index in [-0.39, 0.29) is 5.91 Å². The highest BCUT2D eigenvalue weighted by molar-refractivity contribution is 5.75. The molecule has 0 aliphatic rings. The molecule has 0 fully saturated rings. The molecule has 0 aromatic carbocycles. The molecule has 0 spiro atoms. The molecule has 0 bridgehead atoms. The molecule has 0 aliphatic carbocycles. The van der Waals surface area contributed by atoms with E-state index in [9.17, 15) is 9.59 Å². The molecule has 0 aliphatic heterocycles. The normalized spacial score (nSPS) is 11.3. The van der Waals surface area contributed by atoms with E-state index in [1.54, 1.807) is 0 Å². The van der Waals surface area contributed by atoms with Crippen LogP contribution in [0.2, 0.25) is 0 Å². The van der Waals surface area contributed by atoms with Crippen molar-refractivity contribution in [2.45, 2.75) is 12.8 Å². The van der Waals surface area contributed by atoms with Gasteiger partial charge in [0, 0.05) is 25.9 Å². The first-order chi connectivity index (χ1) is 11.5. The van der Waals surface area contributed by atoms with Gasteiger partial charge in [-0.25, -0.2) is 0 Å². The van der Waals surface area contributed by atoms with Crippen LogP contribution >= 0.6 is 0 Å². The van der Waals surface area contributed by atoms with Crippen LogP contribution in [-0.4, -0.2) is 97.2 Å². The van der Waals surface area contributed by atoms with E-state index in [1.807, 2.05) is 0 Å². The van der Waals surface area contributed by atoms with Crippen molar-refractivity contribution in [3.63, 3.8) is 0 Å². The topological polar surface area (TPSA) is 85.9 Å². The zero-order valence-electron chi connectivity index (χ0n) is 15.3. The lowest BCUT2D eigenvalue weighted by atomic mass is 10.3. The van der Waals surface area contributed by atoms with Gasteiger partial charge in [-0.05, 0) is 0 Å². The molecule has 142 valence electrons. The number of amides is 2. The van der Waals surface area contributed by atoms with E-state index in [1.165, 1.54) is 0 Å². The van der Waals surface area contributed by atoms with E-state index < -0.39 is 0 Å². The standard InChI is InChI=1S/C16H33N3O5/c1-19(2,3)8-4-6-18-16(21)5-9-22-11-13-24-14-12-23-10-7-17-15-20/h15H,4-14H2,1-3H3,(H-,17,18,20,21)/p+1. The van der Waals surface area contributed by atoms with Crippen molar-refractivity contribution in [2.24, 2.45) is 0 Å². The Labute approximate surface area is 145 Å². The SMILES string of the molecule is C[N+](C)(C)CCCNC(=O)CCOCCOCCOCCNC=O. The third-order valence-corrected chi connectivity index (χ3v) is 3.02. The first-order valence-electron chi connectivity index (χ1n) is 8.43. The van der Waals surface area contributed by atoms with Crippen LogP contribution in [0.1, 0.15) is 12.8 Å². The van der Waals surface area contributed by atoms with Crippen molar-refractivity contribution in [3.05, 3.63) is 0 Å². The zero-order valence-corrected chi connectivity index (χ0v) is 15.3. The molecule has 24 heavy (non-hydrogen) atoms. The number of quaternary nitrogens is 1. The Bertz CT molecular complexity index is 321. The highest BCUT2D eigenvalue weighted by atomic mass is 16.5. The van der Waals surface area contributed by atoms with E-state index in [0.717, 1.165) is 17.4 Å². The van der Waals surface area contributed by atoms with Gasteiger partial charge in [-0.3, -0.25) is 9.59 Å². The Morgan fingerprint density at radius 1 is 0.917 bits per heavy atom. The summed E-state index contributed by atoms with van der Waals surface area (Å²) < 4.78 is 16.8. The van der Waals surface area contributed by atoms with Gasteiger partial charge in [-0.2, -0.15) is 0 Å². The van der Waals surface area contributed by atoms with Gasteiger partial charge in [0.2, 0.25) is 12.3 Å². The number of nitrogens with one attached hydrogen (secondary N) is 2. The third kappa shape index (κ3) is 18.8. The smallest absolute Gasteiger partial charge is 0.222 e. The largest absolute Gasteiger partial charge is 0.379 e. The molecule has 0 atom stereocenters. The van der Waals surface area contributed by atoms with Gasteiger partial charge in [0.15, 0.2) is 0 Å². The molecule has 8 nitrogen and oxygen atoms in total. The van der Waals surface area contributed by atoms with Crippen molar-refractivity contribution in [3.8, 4) is 0 Å². The Morgan fingerprint density at radius 3 is 2.08 bits per heavy atom. The molecule has 0 aromatic heterocycles. The van der Waals surface area contributed by atoms with Crippen LogP contribution in [0.5, 0.6) is 0 Å². The van der Waals surface area contributed by atoms with Crippen LogP contribution < -0.4 is 10.6 Å². The van der Waals surface area contributed by atoms with Crippen LogP contribution in [0.25, 0.3) is 0 Å². The molecule has 2 amide bonds. The van der Waals surface area contributed by atoms with Crippen molar-refractivity contribution in [2.75, 3.05) is 80.4 Å². The van der Waals surface area contributed by atoms with E-state index in [0.29, 0.717) is 65.6 Å². The summed E-state index contributed by atoms with van der Waals surface area (Å²) >= 11 is 0. The van der Waals surface area contributed by atoms with Gasteiger partial charge >= 0.3 is 0 Å². The van der Waals surface area contributed by atoms with Crippen molar-refractivity contribution >= 4 is 12.3 Å². The summed E-state index contributed by atoms with van der Waals surface area (Å²) in [6, 6.07) is 0. The Balaban J connectivity index is 3.21. The Morgan fingerprint density at radius 2 is 1.50 bits per heavy atom. The van der Waals surface area contributed by atoms with E-state index in [4.69, 9.17) is 14.2 Å². The molecule has 0 radical (unpaired) electrons. The molecule has 8 heteroatoms. The predicted molar refractivity (Wildman–Crippen MR) is 91.7 cm³/mol. The molecule has 0 saturated carbocycles. The number of carbonyl (C=O) groups excluding carboxylic acids is 2. The summed E-state index contributed by atoms with van der Waals surface area (Å²) in [6.45, 7) is 5.02. The number of carbonyl (C=O) groups is 2. The summed E-state index contributed by atoms with van der Waals surface area (Å²) in [6.07, 6.45) is 1.98. The summed E-state index contributed by atoms with van der Waals surface area (Å²) in [5, 5.41) is 5.40. The van der Waals surface area contributed by atoms with Crippen LogP contribution in [0.15, 0.2) is 0 Å². The molecule has 0 aromatic rings. The summed E-state index contributed by atoms with van der Waals surface area (Å²) in [5.41, 5.74) is 0. The number of ether oxygens (including phenoxy) is 3. The summed E-state index contributed by atoms with van der Waals surface area (Å²) in [4.78, 5) is 21.6. The maximum atomic E-state index is 11.6. The minimum absolute atomic E-state index is 0.0228. The first kappa shape index (κ1) is 22.8. The lowest BCUT2D eigenvalue weighted by molar-refractivity contribution is -0.870. The first-order valence-corrected chi connectivity index (χ1v) is 8.43. The van der Waals surface area contributed by atoms with Gasteiger partial charge in [0.1, 0.15) is 0 Å². The Kier molecular flexibility index (Phi) is 14.5. The van der Waals surface area contributed by atoms with Gasteiger partial charge in [-0.1, -0.05) is 0 Å². The van der Waals surface area contributed by atoms with Gasteiger partial charge in [0.05, 0.1) is 67.3 Å². The minimum Gasteiger partial charge on any atom is -0.379 e. The summed E-state index contributed by atoms with van der Waals surface area (Å²) in [5.74, 6) is 0.0228. The van der Waals surface area contributed by atoms with Crippen molar-refractivity contribution in [1.82, 2.24) is 10.6 Å². The van der Waals surface area contributed by atoms with Gasteiger partial charge in [0.25, 0.3) is 0 Å². The molecule has 0 rings (SSSR count). The Hall–Kier alpha value is -1.22. The molecule has 0 saturated heterocycles. The molecule has 0 heterocycles. The summed E-state index contributed by atoms with van der Waals surface area (Å²) in [7, 11) is 6.40. The maximum Gasteiger partial charge on any atom is 0.222 e. The number of nitrogens with zero attached hydrogens (tertiary/aromatic N) is 1. The fraction of sp³-hybridized carbons (Fsp3) is 0.875. The average Bonchev–Trinajstić information content (AvgIpc) is 2.52. The molecule has 2 N–H and O–H groups in total. The number of hydrogen-bond acceptors (Lipinski definition) is 5. The monoisotopic (exact) mass is 348 g/mol.